The van der Waals surface area contributed by atoms with Crippen LogP contribution in [0.3, 0.4) is 0 Å². The highest BCUT2D eigenvalue weighted by molar-refractivity contribution is 6.37. The number of hydrogen-bond donors (Lipinski definition) is 1. The largest absolute Gasteiger partial charge is 0.353 e. The van der Waals surface area contributed by atoms with Crippen LogP contribution in [0.2, 0.25) is 5.02 Å². The number of hydrogen-bond acceptors (Lipinski definition) is 2. The molecule has 7 rings (SSSR count). The summed E-state index contributed by atoms with van der Waals surface area (Å²) in [6.45, 7) is 1.75. The van der Waals surface area contributed by atoms with Gasteiger partial charge >= 0.3 is 0 Å². The van der Waals surface area contributed by atoms with Crippen molar-refractivity contribution in [3.8, 4) is 0 Å². The smallest absolute Gasteiger partial charge is 0.274 e. The highest BCUT2D eigenvalue weighted by Crippen LogP contribution is 2.37. The van der Waals surface area contributed by atoms with Gasteiger partial charge in [0, 0.05) is 27.9 Å². The highest BCUT2D eigenvalue weighted by atomic mass is 35.5. The van der Waals surface area contributed by atoms with Crippen LogP contribution in [0.4, 0.5) is 5.69 Å². The lowest BCUT2D eigenvalue weighted by Gasteiger charge is -2.18. The third-order valence-electron chi connectivity index (χ3n) is 7.42. The van der Waals surface area contributed by atoms with Crippen molar-refractivity contribution in [1.82, 2.24) is 4.98 Å². The van der Waals surface area contributed by atoms with Gasteiger partial charge in [0.15, 0.2) is 0 Å². The Labute approximate surface area is 213 Å². The van der Waals surface area contributed by atoms with E-state index < -0.39 is 4.92 Å². The molecule has 6 aromatic rings. The SMILES string of the molecule is Cc1c([N+](=O)[O-])cc(Cl)c2[nH]c3ccccc3c12.c1ccc2c(c1)ccc1c3c(ccc12)CCCC3. The summed E-state index contributed by atoms with van der Waals surface area (Å²) in [5.41, 5.74) is 5.54. The van der Waals surface area contributed by atoms with Gasteiger partial charge in [0.05, 0.1) is 15.5 Å². The number of nitrogens with one attached hydrogen (secondary N) is 1. The summed E-state index contributed by atoms with van der Waals surface area (Å²) in [6.07, 6.45) is 5.22. The summed E-state index contributed by atoms with van der Waals surface area (Å²) in [5, 5.41) is 18.8. The van der Waals surface area contributed by atoms with Gasteiger partial charge in [-0.2, -0.15) is 0 Å². The van der Waals surface area contributed by atoms with Crippen molar-refractivity contribution in [1.29, 1.82) is 0 Å². The van der Waals surface area contributed by atoms with E-state index >= 15 is 0 Å². The summed E-state index contributed by atoms with van der Waals surface area (Å²) >= 11 is 6.11. The van der Waals surface area contributed by atoms with Gasteiger partial charge < -0.3 is 4.98 Å². The van der Waals surface area contributed by atoms with Gasteiger partial charge in [-0.3, -0.25) is 10.1 Å². The van der Waals surface area contributed by atoms with Crippen LogP contribution in [0.1, 0.15) is 29.5 Å². The average Bonchev–Trinajstić information content (AvgIpc) is 3.31. The molecule has 1 aliphatic carbocycles. The van der Waals surface area contributed by atoms with E-state index in [-0.39, 0.29) is 5.69 Å². The van der Waals surface area contributed by atoms with Crippen LogP contribution in [-0.4, -0.2) is 9.91 Å². The van der Waals surface area contributed by atoms with Crippen LogP contribution in [0.25, 0.3) is 43.4 Å². The van der Waals surface area contributed by atoms with Crippen LogP contribution in [-0.2, 0) is 12.8 Å². The Kier molecular flexibility index (Phi) is 5.62. The first-order valence-corrected chi connectivity index (χ1v) is 12.7. The van der Waals surface area contributed by atoms with E-state index in [1.165, 1.54) is 53.3 Å². The van der Waals surface area contributed by atoms with Crippen LogP contribution in [0, 0.1) is 17.0 Å². The third-order valence-corrected chi connectivity index (χ3v) is 7.72. The first-order chi connectivity index (χ1) is 17.5. The van der Waals surface area contributed by atoms with E-state index in [2.05, 4.69) is 53.5 Å². The van der Waals surface area contributed by atoms with E-state index in [0.29, 0.717) is 10.6 Å². The quantitative estimate of drug-likeness (QED) is 0.141. The zero-order valence-electron chi connectivity index (χ0n) is 20.0. The standard InChI is InChI=1S/C18H16.C13H9ClN2O2/c1-3-7-15-13(5-1)9-11-18-16-8-4-2-6-14(16)10-12-17(15)18;1-7-11(16(17)18)6-9(14)13-12(7)8-4-2-3-5-10(8)15-13/h1,3,5,7,9-12H,2,4,6,8H2;2-6,15H,1H3. The van der Waals surface area contributed by atoms with E-state index in [9.17, 15) is 10.1 Å². The van der Waals surface area contributed by atoms with Crippen molar-refractivity contribution < 1.29 is 4.92 Å². The van der Waals surface area contributed by atoms with Crippen molar-refractivity contribution in [3.63, 3.8) is 0 Å². The molecular formula is C31H25ClN2O2. The normalized spacial score (nSPS) is 13.1. The number of H-pyrrole nitrogens is 1. The minimum atomic E-state index is -0.400. The molecule has 36 heavy (non-hydrogen) atoms. The fourth-order valence-electron chi connectivity index (χ4n) is 5.67. The highest BCUT2D eigenvalue weighted by Gasteiger charge is 2.19. The minimum Gasteiger partial charge on any atom is -0.353 e. The minimum absolute atomic E-state index is 0.0530. The number of rotatable bonds is 1. The molecule has 1 aromatic heterocycles. The maximum absolute atomic E-state index is 11.0. The van der Waals surface area contributed by atoms with Crippen molar-refractivity contribution in [2.24, 2.45) is 0 Å². The number of fused-ring (bicyclic) bond motifs is 8. The van der Waals surface area contributed by atoms with Gasteiger partial charge in [0.25, 0.3) is 5.69 Å². The molecule has 0 saturated heterocycles. The van der Waals surface area contributed by atoms with Crippen LogP contribution >= 0.6 is 11.6 Å². The van der Waals surface area contributed by atoms with Crippen molar-refractivity contribution in [2.75, 3.05) is 0 Å². The van der Waals surface area contributed by atoms with Gasteiger partial charge in [0.1, 0.15) is 0 Å². The molecule has 1 N–H and O–H groups in total. The van der Waals surface area contributed by atoms with E-state index in [1.54, 1.807) is 18.1 Å². The van der Waals surface area contributed by atoms with Gasteiger partial charge in [-0.1, -0.05) is 78.3 Å². The molecule has 4 nitrogen and oxygen atoms in total. The summed E-state index contributed by atoms with van der Waals surface area (Å²) in [7, 11) is 0. The van der Waals surface area contributed by atoms with Crippen molar-refractivity contribution in [3.05, 3.63) is 111 Å². The molecule has 0 bridgehead atoms. The average molecular weight is 493 g/mol. The summed E-state index contributed by atoms with van der Waals surface area (Å²) < 4.78 is 0. The first kappa shape index (κ1) is 22.6. The second-order valence-electron chi connectivity index (χ2n) is 9.47. The van der Waals surface area contributed by atoms with Crippen molar-refractivity contribution in [2.45, 2.75) is 32.6 Å². The van der Waals surface area contributed by atoms with E-state index in [1.807, 2.05) is 24.3 Å². The molecule has 0 amide bonds. The zero-order chi connectivity index (χ0) is 24.8. The molecular weight excluding hydrogens is 468 g/mol. The predicted octanol–water partition coefficient (Wildman–Crippen LogP) is 9.06. The first-order valence-electron chi connectivity index (χ1n) is 12.3. The number of halogens is 1. The van der Waals surface area contributed by atoms with Crippen LogP contribution in [0.5, 0.6) is 0 Å². The Hall–Kier alpha value is -3.89. The van der Waals surface area contributed by atoms with Gasteiger partial charge in [-0.25, -0.2) is 0 Å². The van der Waals surface area contributed by atoms with Gasteiger partial charge in [-0.05, 0) is 71.3 Å². The van der Waals surface area contributed by atoms with Crippen LogP contribution in [0.15, 0.2) is 78.9 Å². The number of nitrogens with zero attached hydrogens (tertiary/aromatic N) is 1. The topological polar surface area (TPSA) is 58.9 Å². The van der Waals surface area contributed by atoms with E-state index in [4.69, 9.17) is 11.6 Å². The Morgan fingerprint density at radius 3 is 2.39 bits per heavy atom. The summed E-state index contributed by atoms with van der Waals surface area (Å²) in [6, 6.07) is 27.0. The fraction of sp³-hybridized carbons (Fsp3) is 0.161. The zero-order valence-corrected chi connectivity index (χ0v) is 20.7. The molecule has 0 fully saturated rings. The Morgan fingerprint density at radius 2 is 1.56 bits per heavy atom. The number of aromatic amines is 1. The molecule has 0 aliphatic heterocycles. The molecule has 0 spiro atoms. The lowest BCUT2D eigenvalue weighted by atomic mass is 9.86. The lowest BCUT2D eigenvalue weighted by Crippen LogP contribution is -2.02. The molecule has 0 radical (unpaired) electrons. The predicted molar refractivity (Wildman–Crippen MR) is 150 cm³/mol. The van der Waals surface area contributed by atoms with Gasteiger partial charge in [-0.15, -0.1) is 0 Å². The molecule has 5 aromatic carbocycles. The van der Waals surface area contributed by atoms with Gasteiger partial charge in [0.2, 0.25) is 0 Å². The molecule has 0 atom stereocenters. The number of nitro benzene ring substituents is 1. The maximum atomic E-state index is 11.0. The molecule has 0 saturated carbocycles. The third kappa shape index (κ3) is 3.69. The number of benzene rings is 5. The molecule has 0 unspecified atom stereocenters. The lowest BCUT2D eigenvalue weighted by molar-refractivity contribution is -0.385. The molecule has 1 heterocycles. The Bertz CT molecular complexity index is 1800. The monoisotopic (exact) mass is 492 g/mol. The second kappa shape index (κ2) is 8.96. The number of nitro groups is 1. The second-order valence-corrected chi connectivity index (χ2v) is 9.88. The number of aromatic nitrogens is 1. The van der Waals surface area contributed by atoms with E-state index in [0.717, 1.165) is 21.8 Å². The summed E-state index contributed by atoms with van der Waals surface area (Å²) in [4.78, 5) is 13.8. The molecule has 178 valence electrons. The molecule has 5 heteroatoms. The van der Waals surface area contributed by atoms with Crippen LogP contribution < -0.4 is 0 Å². The summed E-state index contributed by atoms with van der Waals surface area (Å²) in [5.74, 6) is 0. The Morgan fingerprint density at radius 1 is 0.833 bits per heavy atom. The fourth-order valence-corrected chi connectivity index (χ4v) is 5.92. The number of aryl methyl sites for hydroxylation is 3. The Balaban J connectivity index is 0.000000133. The number of para-hydroxylation sites is 1. The molecule has 1 aliphatic rings. The maximum Gasteiger partial charge on any atom is 0.274 e. The van der Waals surface area contributed by atoms with Crippen molar-refractivity contribution >= 4 is 60.6 Å².